The summed E-state index contributed by atoms with van der Waals surface area (Å²) in [5, 5.41) is 0.718. The van der Waals surface area contributed by atoms with Gasteiger partial charge in [-0.05, 0) is 30.5 Å². The molecule has 1 aromatic rings. The van der Waals surface area contributed by atoms with Gasteiger partial charge in [0.05, 0.1) is 23.1 Å². The average molecular weight is 400 g/mol. The van der Waals surface area contributed by atoms with E-state index in [0.29, 0.717) is 41.5 Å². The zero-order valence-corrected chi connectivity index (χ0v) is 15.8. The summed E-state index contributed by atoms with van der Waals surface area (Å²) in [5.74, 6) is -1.39. The summed E-state index contributed by atoms with van der Waals surface area (Å²) in [6.07, 6.45) is 3.75. The summed E-state index contributed by atoms with van der Waals surface area (Å²) in [5.41, 5.74) is 0.576. The summed E-state index contributed by atoms with van der Waals surface area (Å²) in [6, 6.07) is 5.05. The quantitative estimate of drug-likeness (QED) is 0.561. The van der Waals surface area contributed by atoms with Crippen LogP contribution in [0.25, 0.3) is 6.08 Å². The van der Waals surface area contributed by atoms with E-state index >= 15 is 0 Å². The molecule has 2 rings (SSSR count). The van der Waals surface area contributed by atoms with Crippen molar-refractivity contribution in [3.8, 4) is 0 Å². The van der Waals surface area contributed by atoms with E-state index in [2.05, 4.69) is 0 Å². The summed E-state index contributed by atoms with van der Waals surface area (Å²) in [4.78, 5) is 36.9. The number of hydrogen-bond acceptors (Lipinski definition) is 5. The monoisotopic (exact) mass is 399 g/mol. The van der Waals surface area contributed by atoms with Gasteiger partial charge in [0, 0.05) is 19.2 Å². The van der Waals surface area contributed by atoms with Gasteiger partial charge in [-0.3, -0.25) is 9.59 Å². The molecule has 8 heteroatoms. The molecule has 1 aliphatic rings. The van der Waals surface area contributed by atoms with Crippen LogP contribution in [0.3, 0.4) is 0 Å². The molecule has 0 spiro atoms. The number of hydrogen-bond donors (Lipinski definition) is 0. The number of methoxy groups -OCH3 is 1. The first-order valence-electron chi connectivity index (χ1n) is 8.06. The molecule has 0 atom stereocenters. The second-order valence-electron chi connectivity index (χ2n) is 5.76. The Morgan fingerprint density at radius 2 is 1.92 bits per heavy atom. The topological polar surface area (TPSA) is 72.9 Å². The molecule has 0 aromatic heterocycles. The maximum Gasteiger partial charge on any atom is 0.331 e. The predicted molar refractivity (Wildman–Crippen MR) is 97.8 cm³/mol. The van der Waals surface area contributed by atoms with Gasteiger partial charge in [-0.25, -0.2) is 4.79 Å². The highest BCUT2D eigenvalue weighted by Crippen LogP contribution is 2.26. The number of benzene rings is 1. The van der Waals surface area contributed by atoms with Gasteiger partial charge < -0.3 is 14.4 Å². The fraction of sp³-hybridized carbons (Fsp3) is 0.389. The molecule has 1 aliphatic heterocycles. The zero-order chi connectivity index (χ0) is 19.1. The third-order valence-corrected chi connectivity index (χ3v) is 4.93. The van der Waals surface area contributed by atoms with E-state index in [0.717, 1.165) is 0 Å². The molecule has 0 N–H and O–H groups in total. The fourth-order valence-electron chi connectivity index (χ4n) is 2.61. The Kier molecular flexibility index (Phi) is 7.48. The van der Waals surface area contributed by atoms with Gasteiger partial charge in [0.2, 0.25) is 0 Å². The lowest BCUT2D eigenvalue weighted by atomic mass is 9.97. The lowest BCUT2D eigenvalue weighted by Crippen LogP contribution is -2.42. The van der Waals surface area contributed by atoms with Crippen molar-refractivity contribution in [3.05, 3.63) is 39.9 Å². The minimum atomic E-state index is -0.654. The molecule has 26 heavy (non-hydrogen) atoms. The van der Waals surface area contributed by atoms with Crippen LogP contribution in [-0.2, 0) is 23.9 Å². The third-order valence-electron chi connectivity index (χ3n) is 4.10. The molecule has 0 radical (unpaired) electrons. The fourth-order valence-corrected chi connectivity index (χ4v) is 2.98. The molecule has 1 amide bonds. The van der Waals surface area contributed by atoms with Gasteiger partial charge >= 0.3 is 11.9 Å². The van der Waals surface area contributed by atoms with Crippen LogP contribution in [0.5, 0.6) is 0 Å². The van der Waals surface area contributed by atoms with Crippen LogP contribution >= 0.6 is 23.2 Å². The average Bonchev–Trinajstić information content (AvgIpc) is 2.66. The van der Waals surface area contributed by atoms with Crippen molar-refractivity contribution in [2.75, 3.05) is 26.8 Å². The number of ether oxygens (including phenoxy) is 2. The standard InChI is InChI=1S/C18H19Cl2NO5/c1-25-18(24)13-7-9-21(10-8-13)15(22)11-26-16(23)6-5-12-3-2-4-14(19)17(12)20/h2-6,13H,7-11H2,1H3/b6-5+. The number of piperidine rings is 1. The van der Waals surface area contributed by atoms with E-state index in [-0.39, 0.29) is 24.4 Å². The number of nitrogens with zero attached hydrogens (tertiary/aromatic N) is 1. The smallest absolute Gasteiger partial charge is 0.331 e. The van der Waals surface area contributed by atoms with Crippen molar-refractivity contribution in [2.24, 2.45) is 5.92 Å². The van der Waals surface area contributed by atoms with Crippen molar-refractivity contribution in [2.45, 2.75) is 12.8 Å². The number of rotatable bonds is 5. The van der Waals surface area contributed by atoms with Gasteiger partial charge in [-0.1, -0.05) is 35.3 Å². The molecule has 1 fully saturated rings. The van der Waals surface area contributed by atoms with Gasteiger partial charge in [-0.2, -0.15) is 0 Å². The SMILES string of the molecule is COC(=O)C1CCN(C(=O)COC(=O)/C=C/c2cccc(Cl)c2Cl)CC1. The normalized spacial score (nSPS) is 15.1. The molecular formula is C18H19Cl2NO5. The molecule has 1 heterocycles. The Morgan fingerprint density at radius 1 is 1.23 bits per heavy atom. The predicted octanol–water partition coefficient (Wildman–Crippen LogP) is 2.96. The number of likely N-dealkylation sites (tertiary alicyclic amines) is 1. The van der Waals surface area contributed by atoms with E-state index in [1.807, 2.05) is 0 Å². The Balaban J connectivity index is 1.79. The molecule has 1 saturated heterocycles. The Morgan fingerprint density at radius 3 is 2.58 bits per heavy atom. The molecule has 0 saturated carbocycles. The molecule has 0 aliphatic carbocycles. The van der Waals surface area contributed by atoms with Gasteiger partial charge in [0.25, 0.3) is 5.91 Å². The summed E-state index contributed by atoms with van der Waals surface area (Å²) in [6.45, 7) is 0.517. The lowest BCUT2D eigenvalue weighted by molar-refractivity contribution is -0.151. The van der Waals surface area contributed by atoms with Crippen LogP contribution < -0.4 is 0 Å². The van der Waals surface area contributed by atoms with Gasteiger partial charge in [0.15, 0.2) is 6.61 Å². The van der Waals surface area contributed by atoms with Crippen LogP contribution in [-0.4, -0.2) is 49.6 Å². The molecule has 6 nitrogen and oxygen atoms in total. The van der Waals surface area contributed by atoms with Crippen LogP contribution in [0.2, 0.25) is 10.0 Å². The van der Waals surface area contributed by atoms with Crippen molar-refractivity contribution in [1.82, 2.24) is 4.90 Å². The number of esters is 2. The Hall–Kier alpha value is -2.05. The second-order valence-corrected chi connectivity index (χ2v) is 6.55. The first kappa shape index (κ1) is 20.3. The van der Waals surface area contributed by atoms with Crippen LogP contribution in [0.1, 0.15) is 18.4 Å². The highest BCUT2D eigenvalue weighted by molar-refractivity contribution is 6.42. The van der Waals surface area contributed by atoms with Crippen molar-refractivity contribution in [1.29, 1.82) is 0 Å². The highest BCUT2D eigenvalue weighted by atomic mass is 35.5. The first-order valence-corrected chi connectivity index (χ1v) is 8.82. The van der Waals surface area contributed by atoms with Crippen LogP contribution in [0, 0.1) is 5.92 Å². The van der Waals surface area contributed by atoms with Crippen molar-refractivity contribution < 1.29 is 23.9 Å². The van der Waals surface area contributed by atoms with E-state index < -0.39 is 5.97 Å². The minimum absolute atomic E-state index is 0.183. The maximum absolute atomic E-state index is 12.1. The zero-order valence-electron chi connectivity index (χ0n) is 14.2. The lowest BCUT2D eigenvalue weighted by Gasteiger charge is -2.30. The van der Waals surface area contributed by atoms with E-state index in [1.165, 1.54) is 19.3 Å². The maximum atomic E-state index is 12.1. The third kappa shape index (κ3) is 5.47. The molecule has 0 unspecified atom stereocenters. The van der Waals surface area contributed by atoms with E-state index in [4.69, 9.17) is 32.7 Å². The molecule has 140 valence electrons. The van der Waals surface area contributed by atoms with Gasteiger partial charge in [0.1, 0.15) is 0 Å². The first-order chi connectivity index (χ1) is 12.4. The summed E-state index contributed by atoms with van der Waals surface area (Å²) >= 11 is 11.9. The Labute approximate surface area is 161 Å². The second kappa shape index (κ2) is 9.59. The number of halogens is 2. The van der Waals surface area contributed by atoms with Crippen LogP contribution in [0.4, 0.5) is 0 Å². The van der Waals surface area contributed by atoms with Gasteiger partial charge in [-0.15, -0.1) is 0 Å². The summed E-state index contributed by atoms with van der Waals surface area (Å²) in [7, 11) is 1.35. The minimum Gasteiger partial charge on any atom is -0.469 e. The number of carbonyl (C=O) groups is 3. The highest BCUT2D eigenvalue weighted by Gasteiger charge is 2.28. The van der Waals surface area contributed by atoms with Crippen molar-refractivity contribution in [3.63, 3.8) is 0 Å². The summed E-state index contributed by atoms with van der Waals surface area (Å²) < 4.78 is 9.67. The van der Waals surface area contributed by atoms with Crippen LogP contribution in [0.15, 0.2) is 24.3 Å². The largest absolute Gasteiger partial charge is 0.469 e. The van der Waals surface area contributed by atoms with E-state index in [9.17, 15) is 14.4 Å². The molecule has 1 aromatic carbocycles. The molecular weight excluding hydrogens is 381 g/mol. The number of amides is 1. The Bertz CT molecular complexity index is 712. The molecule has 0 bridgehead atoms. The van der Waals surface area contributed by atoms with Crippen molar-refractivity contribution >= 4 is 47.1 Å². The number of carbonyl (C=O) groups excluding carboxylic acids is 3. The van der Waals surface area contributed by atoms with E-state index in [1.54, 1.807) is 23.1 Å².